The first kappa shape index (κ1) is 28.3. The molecule has 34 heavy (non-hydrogen) atoms. The normalized spacial score (nSPS) is 11.2. The number of rotatable bonds is 21. The first-order valence-corrected chi connectivity index (χ1v) is 14.2. The van der Waals surface area contributed by atoms with Gasteiger partial charge >= 0.3 is 5.97 Å². The number of carbonyl (C=O) groups is 1. The molecule has 0 amide bonds. The minimum Gasteiger partial charge on any atom is -0.405 e. The Morgan fingerprint density at radius 3 is 1.68 bits per heavy atom. The zero-order chi connectivity index (χ0) is 24.1. The number of unbranched alkanes of at least 4 members (excludes halogenated alkanes) is 18. The van der Waals surface area contributed by atoms with Crippen molar-refractivity contribution in [2.75, 3.05) is 0 Å². The number of fused-ring (bicyclic) bond motifs is 1. The van der Waals surface area contributed by atoms with Crippen molar-refractivity contribution in [1.82, 2.24) is 10.2 Å². The van der Waals surface area contributed by atoms with Crippen molar-refractivity contribution in [3.63, 3.8) is 0 Å². The van der Waals surface area contributed by atoms with Crippen LogP contribution < -0.4 is 4.74 Å². The van der Waals surface area contributed by atoms with Crippen molar-refractivity contribution < 1.29 is 9.53 Å². The summed E-state index contributed by atoms with van der Waals surface area (Å²) >= 11 is 0. The van der Waals surface area contributed by atoms with Crippen molar-refractivity contribution >= 4 is 16.7 Å². The second-order valence-corrected chi connectivity index (χ2v) is 9.83. The Balaban J connectivity index is 1.33. The molecule has 4 nitrogen and oxygen atoms in total. The van der Waals surface area contributed by atoms with Gasteiger partial charge in [0.25, 0.3) is 0 Å². The zero-order valence-electron chi connectivity index (χ0n) is 21.7. The van der Waals surface area contributed by atoms with E-state index in [2.05, 4.69) is 17.1 Å². The maximum atomic E-state index is 12.1. The fourth-order valence-electron chi connectivity index (χ4n) is 4.58. The molecule has 0 N–H and O–H groups in total. The van der Waals surface area contributed by atoms with Crippen LogP contribution in [-0.4, -0.2) is 16.2 Å². The number of hydrogen-bond acceptors (Lipinski definition) is 4. The average Bonchev–Trinajstić information content (AvgIpc) is 2.85. The molecule has 4 heteroatoms. The lowest BCUT2D eigenvalue weighted by molar-refractivity contribution is -0.134. The number of ether oxygens (including phenoxy) is 1. The molecular formula is C30H48N2O2. The van der Waals surface area contributed by atoms with E-state index in [9.17, 15) is 4.79 Å². The molecule has 0 radical (unpaired) electrons. The molecule has 0 aliphatic rings. The van der Waals surface area contributed by atoms with Crippen LogP contribution in [0.25, 0.3) is 10.8 Å². The molecule has 0 aliphatic heterocycles. The van der Waals surface area contributed by atoms with E-state index in [1.165, 1.54) is 109 Å². The second kappa shape index (κ2) is 19.3. The summed E-state index contributed by atoms with van der Waals surface area (Å²) in [4.78, 5) is 12.1. The minimum absolute atomic E-state index is 0.211. The minimum atomic E-state index is -0.211. The predicted molar refractivity (Wildman–Crippen MR) is 143 cm³/mol. The maximum Gasteiger partial charge on any atom is 0.312 e. The highest BCUT2D eigenvalue weighted by Crippen LogP contribution is 2.22. The summed E-state index contributed by atoms with van der Waals surface area (Å²) in [5, 5.41) is 9.68. The molecule has 1 aromatic heterocycles. The summed E-state index contributed by atoms with van der Waals surface area (Å²) in [5.74, 6) is 0.110. The van der Waals surface area contributed by atoms with E-state index >= 15 is 0 Å². The quantitative estimate of drug-likeness (QED) is 0.135. The summed E-state index contributed by atoms with van der Waals surface area (Å²) in [5.41, 5.74) is 0. The van der Waals surface area contributed by atoms with Gasteiger partial charge in [-0.2, -0.15) is 5.10 Å². The Hall–Kier alpha value is -1.97. The van der Waals surface area contributed by atoms with Gasteiger partial charge in [0.15, 0.2) is 0 Å². The summed E-state index contributed by atoms with van der Waals surface area (Å²) in [6.45, 7) is 2.29. The van der Waals surface area contributed by atoms with Gasteiger partial charge < -0.3 is 4.74 Å². The van der Waals surface area contributed by atoms with Crippen molar-refractivity contribution in [3.05, 3.63) is 30.5 Å². The van der Waals surface area contributed by atoms with Crippen molar-refractivity contribution in [1.29, 1.82) is 0 Å². The van der Waals surface area contributed by atoms with E-state index in [4.69, 9.17) is 4.74 Å². The van der Waals surface area contributed by atoms with Crippen LogP contribution in [0.5, 0.6) is 5.88 Å². The van der Waals surface area contributed by atoms with E-state index in [0.717, 1.165) is 23.6 Å². The SMILES string of the molecule is CCCCCCCCCCCCCCCCCCCCCC(=O)Oc1nncc2ccccc12. The Morgan fingerprint density at radius 2 is 1.15 bits per heavy atom. The van der Waals surface area contributed by atoms with Gasteiger partial charge in [-0.05, 0) is 12.5 Å². The van der Waals surface area contributed by atoms with Gasteiger partial charge in [-0.25, -0.2) is 0 Å². The monoisotopic (exact) mass is 468 g/mol. The molecule has 1 heterocycles. The fourth-order valence-corrected chi connectivity index (χ4v) is 4.58. The molecule has 2 aromatic rings. The molecule has 0 fully saturated rings. The lowest BCUT2D eigenvalue weighted by Crippen LogP contribution is -2.09. The molecule has 0 aliphatic carbocycles. The Kier molecular flexibility index (Phi) is 16.1. The average molecular weight is 469 g/mol. The highest BCUT2D eigenvalue weighted by molar-refractivity contribution is 5.87. The van der Waals surface area contributed by atoms with Crippen LogP contribution in [-0.2, 0) is 4.79 Å². The summed E-state index contributed by atoms with van der Waals surface area (Å²) in [7, 11) is 0. The highest BCUT2D eigenvalue weighted by Gasteiger charge is 2.10. The molecule has 0 spiro atoms. The standard InChI is InChI=1S/C30H48N2O2/c1-2-3-4-5-6-7-8-9-10-11-12-13-14-15-16-17-18-19-20-25-29(33)34-30-28-24-22-21-23-27(28)26-31-32-30/h21-24,26H,2-20,25H2,1H3. The van der Waals surface area contributed by atoms with Crippen molar-refractivity contribution in [2.24, 2.45) is 0 Å². The van der Waals surface area contributed by atoms with Gasteiger partial charge in [0.1, 0.15) is 0 Å². The number of carbonyl (C=O) groups excluding carboxylic acids is 1. The van der Waals surface area contributed by atoms with Gasteiger partial charge in [0.05, 0.1) is 6.20 Å². The summed E-state index contributed by atoms with van der Waals surface area (Å²) in [6.07, 6.45) is 27.8. The lowest BCUT2D eigenvalue weighted by atomic mass is 10.0. The van der Waals surface area contributed by atoms with E-state index in [1.54, 1.807) is 6.20 Å². The predicted octanol–water partition coefficient (Wildman–Crippen LogP) is 9.36. The molecule has 0 unspecified atom stereocenters. The Bertz CT molecular complexity index is 772. The largest absolute Gasteiger partial charge is 0.405 e. The topological polar surface area (TPSA) is 52.1 Å². The van der Waals surface area contributed by atoms with Crippen molar-refractivity contribution in [2.45, 2.75) is 135 Å². The van der Waals surface area contributed by atoms with E-state index in [0.29, 0.717) is 12.3 Å². The molecule has 2 rings (SSSR count). The number of benzene rings is 1. The van der Waals surface area contributed by atoms with Crippen LogP contribution in [0, 0.1) is 0 Å². The molecule has 1 aromatic carbocycles. The third kappa shape index (κ3) is 13.1. The molecular weight excluding hydrogens is 420 g/mol. The molecule has 0 saturated heterocycles. The number of aromatic nitrogens is 2. The number of nitrogens with zero attached hydrogens (tertiary/aromatic N) is 2. The Morgan fingerprint density at radius 1 is 0.676 bits per heavy atom. The first-order chi connectivity index (χ1) is 16.8. The molecule has 0 atom stereocenters. The smallest absolute Gasteiger partial charge is 0.312 e. The van der Waals surface area contributed by atoms with E-state index in [-0.39, 0.29) is 5.97 Å². The van der Waals surface area contributed by atoms with Crippen LogP contribution in [0.2, 0.25) is 0 Å². The van der Waals surface area contributed by atoms with E-state index < -0.39 is 0 Å². The molecule has 0 bridgehead atoms. The maximum absolute atomic E-state index is 12.1. The van der Waals surface area contributed by atoms with Crippen LogP contribution >= 0.6 is 0 Å². The first-order valence-electron chi connectivity index (χ1n) is 14.2. The number of hydrogen-bond donors (Lipinski definition) is 0. The summed E-state index contributed by atoms with van der Waals surface area (Å²) in [6, 6.07) is 7.71. The van der Waals surface area contributed by atoms with Crippen LogP contribution in [0.3, 0.4) is 0 Å². The lowest BCUT2D eigenvalue weighted by Gasteiger charge is -2.06. The van der Waals surface area contributed by atoms with Gasteiger partial charge in [0, 0.05) is 17.2 Å². The molecule has 0 saturated carbocycles. The van der Waals surface area contributed by atoms with E-state index in [1.807, 2.05) is 24.3 Å². The van der Waals surface area contributed by atoms with Gasteiger partial charge in [-0.1, -0.05) is 141 Å². The number of esters is 1. The summed E-state index contributed by atoms with van der Waals surface area (Å²) < 4.78 is 5.45. The van der Waals surface area contributed by atoms with Crippen LogP contribution in [0.1, 0.15) is 135 Å². The van der Waals surface area contributed by atoms with Crippen molar-refractivity contribution in [3.8, 4) is 5.88 Å². The highest BCUT2D eigenvalue weighted by atomic mass is 16.5. The zero-order valence-corrected chi connectivity index (χ0v) is 21.7. The fraction of sp³-hybridized carbons (Fsp3) is 0.700. The second-order valence-electron chi connectivity index (χ2n) is 9.83. The van der Waals surface area contributed by atoms with Gasteiger partial charge in [0.2, 0.25) is 5.88 Å². The molecule has 190 valence electrons. The third-order valence-electron chi connectivity index (χ3n) is 6.73. The van der Waals surface area contributed by atoms with Crippen LogP contribution in [0.4, 0.5) is 0 Å². The van der Waals surface area contributed by atoms with Gasteiger partial charge in [-0.15, -0.1) is 5.10 Å². The van der Waals surface area contributed by atoms with Gasteiger partial charge in [-0.3, -0.25) is 4.79 Å². The third-order valence-corrected chi connectivity index (χ3v) is 6.73. The van der Waals surface area contributed by atoms with Crippen LogP contribution in [0.15, 0.2) is 30.5 Å². The Labute approximate surface area is 208 Å².